The zero-order valence-corrected chi connectivity index (χ0v) is 12.8. The van der Waals surface area contributed by atoms with Crippen molar-refractivity contribution in [1.82, 2.24) is 10.3 Å². The molecule has 22 heavy (non-hydrogen) atoms. The van der Waals surface area contributed by atoms with Crippen LogP contribution in [0.2, 0.25) is 0 Å². The maximum absolute atomic E-state index is 11.2. The summed E-state index contributed by atoms with van der Waals surface area (Å²) in [5.74, 6) is -0.783. The maximum atomic E-state index is 11.2. The van der Waals surface area contributed by atoms with Crippen molar-refractivity contribution in [3.8, 4) is 11.3 Å². The summed E-state index contributed by atoms with van der Waals surface area (Å²) < 4.78 is 0. The lowest BCUT2D eigenvalue weighted by atomic mass is 10.1. The number of carboxylic acids is 1. The van der Waals surface area contributed by atoms with Crippen LogP contribution in [0, 0.1) is 0 Å². The molecular weight excluding hydrogens is 276 g/mol. The second-order valence-electron chi connectivity index (χ2n) is 5.33. The number of pyridine rings is 1. The summed E-state index contributed by atoms with van der Waals surface area (Å²) in [5.41, 5.74) is 3.02. The van der Waals surface area contributed by atoms with E-state index in [4.69, 9.17) is 0 Å². The van der Waals surface area contributed by atoms with E-state index >= 15 is 0 Å². The lowest BCUT2D eigenvalue weighted by molar-refractivity contribution is -0.139. The third kappa shape index (κ3) is 4.67. The van der Waals surface area contributed by atoms with Gasteiger partial charge >= 0.3 is 5.97 Å². The minimum absolute atomic E-state index is 0.488. The molecule has 0 bridgehead atoms. The van der Waals surface area contributed by atoms with Gasteiger partial charge in [0.15, 0.2) is 0 Å². The number of benzene rings is 1. The fourth-order valence-electron chi connectivity index (χ4n) is 2.34. The number of unbranched alkanes of at least 4 members (excludes halogenated alkanes) is 1. The molecule has 0 saturated carbocycles. The van der Waals surface area contributed by atoms with Crippen LogP contribution in [0.1, 0.15) is 31.7 Å². The normalized spacial score (nSPS) is 12.0. The number of aliphatic carboxylic acids is 1. The Bertz CT molecular complexity index is 599. The van der Waals surface area contributed by atoms with E-state index in [1.807, 2.05) is 42.5 Å². The molecule has 0 saturated heterocycles. The third-order valence-electron chi connectivity index (χ3n) is 3.58. The number of aromatic nitrogens is 1. The topological polar surface area (TPSA) is 62.2 Å². The summed E-state index contributed by atoms with van der Waals surface area (Å²) in [6.45, 7) is 2.61. The summed E-state index contributed by atoms with van der Waals surface area (Å²) in [5, 5.41) is 12.4. The van der Waals surface area contributed by atoms with E-state index in [0.717, 1.165) is 29.7 Å². The van der Waals surface area contributed by atoms with Crippen molar-refractivity contribution in [3.63, 3.8) is 0 Å². The largest absolute Gasteiger partial charge is 0.480 e. The standard InChI is InChI=1S/C18H22N2O2/c1-2-3-9-17(18(21)22)20-13-14-7-6-8-15(12-14)16-10-4-5-11-19-16/h4-8,10-12,17,20H,2-3,9,13H2,1H3,(H,21,22)/t17-/m0/s1. The molecule has 116 valence electrons. The Labute approximate surface area is 131 Å². The van der Waals surface area contributed by atoms with Gasteiger partial charge in [0.2, 0.25) is 0 Å². The van der Waals surface area contributed by atoms with E-state index < -0.39 is 12.0 Å². The number of rotatable bonds is 8. The van der Waals surface area contributed by atoms with Gasteiger partial charge in [0.05, 0.1) is 5.69 Å². The third-order valence-corrected chi connectivity index (χ3v) is 3.58. The Morgan fingerprint density at radius 3 is 2.82 bits per heavy atom. The van der Waals surface area contributed by atoms with Crippen LogP contribution < -0.4 is 5.32 Å². The fourth-order valence-corrected chi connectivity index (χ4v) is 2.34. The quantitative estimate of drug-likeness (QED) is 0.783. The molecule has 1 atom stereocenters. The second-order valence-corrected chi connectivity index (χ2v) is 5.33. The first kappa shape index (κ1) is 16.2. The Hall–Kier alpha value is -2.20. The fraction of sp³-hybridized carbons (Fsp3) is 0.333. The van der Waals surface area contributed by atoms with Crippen molar-refractivity contribution in [2.45, 2.75) is 38.8 Å². The molecule has 2 N–H and O–H groups in total. The molecular formula is C18H22N2O2. The number of nitrogens with zero attached hydrogens (tertiary/aromatic N) is 1. The molecule has 0 aliphatic heterocycles. The molecule has 0 radical (unpaired) electrons. The summed E-state index contributed by atoms with van der Waals surface area (Å²) >= 11 is 0. The van der Waals surface area contributed by atoms with E-state index in [-0.39, 0.29) is 0 Å². The molecule has 0 amide bonds. The molecule has 0 spiro atoms. The van der Waals surface area contributed by atoms with Crippen molar-refractivity contribution >= 4 is 5.97 Å². The van der Waals surface area contributed by atoms with E-state index in [9.17, 15) is 9.90 Å². The predicted octanol–water partition coefficient (Wildman–Crippen LogP) is 3.48. The summed E-state index contributed by atoms with van der Waals surface area (Å²) in [4.78, 5) is 15.6. The Morgan fingerprint density at radius 2 is 2.14 bits per heavy atom. The monoisotopic (exact) mass is 298 g/mol. The van der Waals surface area contributed by atoms with Gasteiger partial charge in [-0.15, -0.1) is 0 Å². The average molecular weight is 298 g/mol. The highest BCUT2D eigenvalue weighted by molar-refractivity contribution is 5.73. The molecule has 0 aliphatic carbocycles. The van der Waals surface area contributed by atoms with Gasteiger partial charge in [-0.3, -0.25) is 9.78 Å². The number of hydrogen-bond acceptors (Lipinski definition) is 3. The molecule has 2 rings (SSSR count). The lowest BCUT2D eigenvalue weighted by Gasteiger charge is -2.14. The highest BCUT2D eigenvalue weighted by Gasteiger charge is 2.15. The molecule has 0 unspecified atom stereocenters. The molecule has 4 nitrogen and oxygen atoms in total. The van der Waals surface area contributed by atoms with Crippen molar-refractivity contribution < 1.29 is 9.90 Å². The Morgan fingerprint density at radius 1 is 1.27 bits per heavy atom. The van der Waals surface area contributed by atoms with Gasteiger partial charge in [0.1, 0.15) is 6.04 Å². The molecule has 1 aromatic carbocycles. The van der Waals surface area contributed by atoms with Gasteiger partial charge in [-0.25, -0.2) is 0 Å². The SMILES string of the molecule is CCCC[C@H](NCc1cccc(-c2ccccn2)c1)C(=O)O. The first-order valence-corrected chi connectivity index (χ1v) is 7.67. The number of hydrogen-bond donors (Lipinski definition) is 2. The first-order valence-electron chi connectivity index (χ1n) is 7.67. The highest BCUT2D eigenvalue weighted by atomic mass is 16.4. The number of carbonyl (C=O) groups is 1. The molecule has 0 aliphatic rings. The van der Waals surface area contributed by atoms with Gasteiger partial charge in [0.25, 0.3) is 0 Å². The summed E-state index contributed by atoms with van der Waals surface area (Å²) in [6.07, 6.45) is 4.34. The van der Waals surface area contributed by atoms with Crippen molar-refractivity contribution in [1.29, 1.82) is 0 Å². The van der Waals surface area contributed by atoms with Crippen LogP contribution in [0.3, 0.4) is 0 Å². The zero-order valence-electron chi connectivity index (χ0n) is 12.8. The van der Waals surface area contributed by atoms with Crippen LogP contribution in [0.25, 0.3) is 11.3 Å². The maximum Gasteiger partial charge on any atom is 0.320 e. The molecule has 4 heteroatoms. The van der Waals surface area contributed by atoms with Gasteiger partial charge in [-0.1, -0.05) is 44.0 Å². The van der Waals surface area contributed by atoms with Crippen LogP contribution in [0.4, 0.5) is 0 Å². The van der Waals surface area contributed by atoms with E-state index in [1.165, 1.54) is 0 Å². The smallest absolute Gasteiger partial charge is 0.320 e. The second kappa shape index (κ2) is 8.29. The molecule has 2 aromatic rings. The van der Waals surface area contributed by atoms with Crippen LogP contribution in [0.15, 0.2) is 48.7 Å². The number of carboxylic acid groups (broad SMARTS) is 1. The Kier molecular flexibility index (Phi) is 6.10. The molecule has 1 aromatic heterocycles. The molecule has 0 fully saturated rings. The van der Waals surface area contributed by atoms with E-state index in [0.29, 0.717) is 13.0 Å². The van der Waals surface area contributed by atoms with E-state index in [1.54, 1.807) is 6.20 Å². The van der Waals surface area contributed by atoms with Crippen molar-refractivity contribution in [3.05, 3.63) is 54.2 Å². The van der Waals surface area contributed by atoms with Gasteiger partial charge in [-0.2, -0.15) is 0 Å². The highest BCUT2D eigenvalue weighted by Crippen LogP contribution is 2.17. The molecule has 1 heterocycles. The Balaban J connectivity index is 2.02. The van der Waals surface area contributed by atoms with Gasteiger partial charge in [-0.05, 0) is 30.2 Å². The van der Waals surface area contributed by atoms with Crippen LogP contribution in [-0.2, 0) is 11.3 Å². The van der Waals surface area contributed by atoms with Crippen molar-refractivity contribution in [2.24, 2.45) is 0 Å². The summed E-state index contributed by atoms with van der Waals surface area (Å²) in [6, 6.07) is 13.4. The summed E-state index contributed by atoms with van der Waals surface area (Å²) in [7, 11) is 0. The minimum Gasteiger partial charge on any atom is -0.480 e. The van der Waals surface area contributed by atoms with Crippen molar-refractivity contribution in [2.75, 3.05) is 0 Å². The van der Waals surface area contributed by atoms with Crippen LogP contribution in [-0.4, -0.2) is 22.1 Å². The minimum atomic E-state index is -0.783. The van der Waals surface area contributed by atoms with Crippen LogP contribution in [0.5, 0.6) is 0 Å². The first-order chi connectivity index (χ1) is 10.7. The lowest BCUT2D eigenvalue weighted by Crippen LogP contribution is -2.36. The predicted molar refractivity (Wildman–Crippen MR) is 87.5 cm³/mol. The average Bonchev–Trinajstić information content (AvgIpc) is 2.55. The van der Waals surface area contributed by atoms with Crippen LogP contribution >= 0.6 is 0 Å². The zero-order chi connectivity index (χ0) is 15.8. The van der Waals surface area contributed by atoms with Gasteiger partial charge < -0.3 is 10.4 Å². The number of nitrogens with one attached hydrogen (secondary N) is 1. The van der Waals surface area contributed by atoms with Gasteiger partial charge in [0, 0.05) is 18.3 Å². The van der Waals surface area contributed by atoms with E-state index in [2.05, 4.69) is 17.2 Å².